The third kappa shape index (κ3) is 2.54. The summed E-state index contributed by atoms with van der Waals surface area (Å²) in [4.78, 5) is 12.5. The molecule has 0 saturated carbocycles. The second kappa shape index (κ2) is 4.80. The SMILES string of the molecule is O=C(O)C1CN(Cc2ccc(F)c(Cl)c2Cl)C1. The summed E-state index contributed by atoms with van der Waals surface area (Å²) in [5.74, 6) is -1.65. The molecule has 3 nitrogen and oxygen atoms in total. The minimum atomic E-state index is -0.788. The molecule has 92 valence electrons. The molecule has 0 atom stereocenters. The van der Waals surface area contributed by atoms with Gasteiger partial charge in [0.15, 0.2) is 0 Å². The van der Waals surface area contributed by atoms with Gasteiger partial charge in [0.25, 0.3) is 0 Å². The quantitative estimate of drug-likeness (QED) is 0.864. The van der Waals surface area contributed by atoms with Crippen LogP contribution < -0.4 is 0 Å². The molecule has 0 aliphatic carbocycles. The molecule has 1 aliphatic heterocycles. The van der Waals surface area contributed by atoms with Crippen LogP contribution >= 0.6 is 23.2 Å². The maximum Gasteiger partial charge on any atom is 0.309 e. The summed E-state index contributed by atoms with van der Waals surface area (Å²) in [5, 5.41) is 8.84. The first-order valence-electron chi connectivity index (χ1n) is 5.06. The molecular weight excluding hydrogens is 268 g/mol. The second-order valence-electron chi connectivity index (χ2n) is 4.06. The van der Waals surface area contributed by atoms with Crippen LogP contribution in [0, 0.1) is 11.7 Å². The van der Waals surface area contributed by atoms with Crippen LogP contribution in [0.3, 0.4) is 0 Å². The Morgan fingerprint density at radius 1 is 1.41 bits per heavy atom. The van der Waals surface area contributed by atoms with Crippen molar-refractivity contribution in [1.29, 1.82) is 0 Å². The van der Waals surface area contributed by atoms with Gasteiger partial charge < -0.3 is 5.11 Å². The maximum atomic E-state index is 13.1. The normalized spacial score (nSPS) is 16.9. The van der Waals surface area contributed by atoms with Crippen LogP contribution in [-0.2, 0) is 11.3 Å². The van der Waals surface area contributed by atoms with E-state index < -0.39 is 11.8 Å². The highest BCUT2D eigenvalue weighted by molar-refractivity contribution is 6.42. The van der Waals surface area contributed by atoms with Crippen molar-refractivity contribution in [2.75, 3.05) is 13.1 Å². The lowest BCUT2D eigenvalue weighted by molar-refractivity contribution is -0.147. The van der Waals surface area contributed by atoms with E-state index in [4.69, 9.17) is 28.3 Å². The molecule has 0 unspecified atom stereocenters. The minimum Gasteiger partial charge on any atom is -0.481 e. The average Bonchev–Trinajstić information content (AvgIpc) is 2.21. The van der Waals surface area contributed by atoms with E-state index in [1.54, 1.807) is 6.07 Å². The van der Waals surface area contributed by atoms with E-state index in [9.17, 15) is 9.18 Å². The smallest absolute Gasteiger partial charge is 0.309 e. The summed E-state index contributed by atoms with van der Waals surface area (Å²) < 4.78 is 13.1. The van der Waals surface area contributed by atoms with Gasteiger partial charge in [-0.15, -0.1) is 0 Å². The van der Waals surface area contributed by atoms with Crippen molar-refractivity contribution in [3.63, 3.8) is 0 Å². The zero-order chi connectivity index (χ0) is 12.6. The molecule has 1 aromatic carbocycles. The molecule has 0 aromatic heterocycles. The molecule has 6 heteroatoms. The standard InChI is InChI=1S/C11H10Cl2FNO2/c12-9-6(1-2-8(14)10(9)13)3-15-4-7(5-15)11(16)17/h1-2,7H,3-5H2,(H,16,17). The Bertz CT molecular complexity index is 461. The Morgan fingerprint density at radius 2 is 2.06 bits per heavy atom. The Hall–Kier alpha value is -0.840. The molecule has 1 N–H and O–H groups in total. The first-order valence-corrected chi connectivity index (χ1v) is 5.82. The number of carboxylic acids is 1. The predicted octanol–water partition coefficient (Wildman–Crippen LogP) is 2.65. The van der Waals surface area contributed by atoms with Gasteiger partial charge in [0, 0.05) is 19.6 Å². The highest BCUT2D eigenvalue weighted by Crippen LogP contribution is 2.30. The Kier molecular flexibility index (Phi) is 3.56. The van der Waals surface area contributed by atoms with Gasteiger partial charge in [0.2, 0.25) is 0 Å². The molecule has 1 saturated heterocycles. The van der Waals surface area contributed by atoms with Crippen molar-refractivity contribution in [3.8, 4) is 0 Å². The van der Waals surface area contributed by atoms with Crippen molar-refractivity contribution in [3.05, 3.63) is 33.6 Å². The summed E-state index contributed by atoms with van der Waals surface area (Å²) in [6.45, 7) is 1.46. The van der Waals surface area contributed by atoms with Gasteiger partial charge in [-0.25, -0.2) is 4.39 Å². The highest BCUT2D eigenvalue weighted by Gasteiger charge is 2.32. The topological polar surface area (TPSA) is 40.5 Å². The Morgan fingerprint density at radius 3 is 2.65 bits per heavy atom. The lowest BCUT2D eigenvalue weighted by atomic mass is 9.99. The van der Waals surface area contributed by atoms with Crippen molar-refractivity contribution < 1.29 is 14.3 Å². The van der Waals surface area contributed by atoms with Crippen LogP contribution in [0.15, 0.2) is 12.1 Å². The molecule has 1 aliphatic rings. The van der Waals surface area contributed by atoms with Crippen LogP contribution in [0.2, 0.25) is 10.0 Å². The maximum absolute atomic E-state index is 13.1. The minimum absolute atomic E-state index is 0.0838. The first kappa shape index (κ1) is 12.6. The molecule has 0 spiro atoms. The number of nitrogens with zero attached hydrogens (tertiary/aromatic N) is 1. The Labute approximate surface area is 108 Å². The zero-order valence-corrected chi connectivity index (χ0v) is 10.3. The number of benzene rings is 1. The van der Waals surface area contributed by atoms with Gasteiger partial charge in [0.05, 0.1) is 16.0 Å². The van der Waals surface area contributed by atoms with Crippen molar-refractivity contribution in [2.24, 2.45) is 5.92 Å². The van der Waals surface area contributed by atoms with Crippen molar-refractivity contribution in [2.45, 2.75) is 6.54 Å². The van der Waals surface area contributed by atoms with Gasteiger partial charge in [-0.2, -0.15) is 0 Å². The van der Waals surface area contributed by atoms with Crippen LogP contribution in [0.5, 0.6) is 0 Å². The highest BCUT2D eigenvalue weighted by atomic mass is 35.5. The fourth-order valence-electron chi connectivity index (χ4n) is 1.78. The summed E-state index contributed by atoms with van der Waals surface area (Å²) in [7, 11) is 0. The molecule has 2 rings (SSSR count). The number of carbonyl (C=O) groups is 1. The molecule has 1 heterocycles. The van der Waals surface area contributed by atoms with Gasteiger partial charge in [-0.3, -0.25) is 9.69 Å². The monoisotopic (exact) mass is 277 g/mol. The number of hydrogen-bond donors (Lipinski definition) is 1. The van der Waals surface area contributed by atoms with Crippen LogP contribution in [0.4, 0.5) is 4.39 Å². The second-order valence-corrected chi connectivity index (χ2v) is 4.82. The molecule has 0 bridgehead atoms. The van der Waals surface area contributed by atoms with Crippen molar-refractivity contribution in [1.82, 2.24) is 4.90 Å². The fraction of sp³-hybridized carbons (Fsp3) is 0.364. The predicted molar refractivity (Wildman–Crippen MR) is 62.8 cm³/mol. The van der Waals surface area contributed by atoms with E-state index in [2.05, 4.69) is 0 Å². The summed E-state index contributed by atoms with van der Waals surface area (Å²) in [6.07, 6.45) is 0. The number of likely N-dealkylation sites (tertiary alicyclic amines) is 1. The van der Waals surface area contributed by atoms with Crippen LogP contribution in [0.25, 0.3) is 0 Å². The molecule has 17 heavy (non-hydrogen) atoms. The van der Waals surface area contributed by atoms with Crippen molar-refractivity contribution >= 4 is 29.2 Å². The summed E-state index contributed by atoms with van der Waals surface area (Å²) in [6, 6.07) is 2.83. The van der Waals surface area contributed by atoms with E-state index in [1.165, 1.54) is 6.07 Å². The summed E-state index contributed by atoms with van der Waals surface area (Å²) in [5.41, 5.74) is 0.710. The molecule has 1 aromatic rings. The van der Waals surface area contributed by atoms with E-state index in [0.29, 0.717) is 25.2 Å². The Balaban J connectivity index is 2.02. The number of hydrogen-bond acceptors (Lipinski definition) is 2. The average molecular weight is 278 g/mol. The first-order chi connectivity index (χ1) is 7.99. The van der Waals surface area contributed by atoms with Gasteiger partial charge >= 0.3 is 5.97 Å². The summed E-state index contributed by atoms with van der Waals surface area (Å²) >= 11 is 11.6. The van der Waals surface area contributed by atoms with E-state index >= 15 is 0 Å². The number of carboxylic acid groups (broad SMARTS) is 1. The van der Waals surface area contributed by atoms with E-state index in [0.717, 1.165) is 0 Å². The largest absolute Gasteiger partial charge is 0.481 e. The number of halogens is 3. The molecular formula is C11H10Cl2FNO2. The van der Waals surface area contributed by atoms with E-state index in [1.807, 2.05) is 4.90 Å². The zero-order valence-electron chi connectivity index (χ0n) is 8.79. The lowest BCUT2D eigenvalue weighted by Gasteiger charge is -2.36. The molecule has 1 fully saturated rings. The van der Waals surface area contributed by atoms with Crippen LogP contribution in [-0.4, -0.2) is 29.1 Å². The van der Waals surface area contributed by atoms with Gasteiger partial charge in [-0.1, -0.05) is 29.3 Å². The lowest BCUT2D eigenvalue weighted by Crippen LogP contribution is -2.49. The number of rotatable bonds is 3. The number of aliphatic carboxylic acids is 1. The third-order valence-corrected chi connectivity index (χ3v) is 3.71. The third-order valence-electron chi connectivity index (χ3n) is 2.82. The molecule has 0 amide bonds. The van der Waals surface area contributed by atoms with E-state index in [-0.39, 0.29) is 16.0 Å². The van der Waals surface area contributed by atoms with Gasteiger partial charge in [-0.05, 0) is 11.6 Å². The van der Waals surface area contributed by atoms with Gasteiger partial charge in [0.1, 0.15) is 5.82 Å². The fourth-order valence-corrected chi connectivity index (χ4v) is 2.18. The van der Waals surface area contributed by atoms with Crippen LogP contribution in [0.1, 0.15) is 5.56 Å². The molecule has 0 radical (unpaired) electrons.